The van der Waals surface area contributed by atoms with Gasteiger partial charge in [-0.2, -0.15) is 0 Å². The largest absolute Gasteiger partial charge is 0.386 e. The first-order chi connectivity index (χ1) is 10.6. The number of thiophene rings is 1. The summed E-state index contributed by atoms with van der Waals surface area (Å²) in [6, 6.07) is 3.63. The molecule has 22 heavy (non-hydrogen) atoms. The molecule has 1 aromatic rings. The number of morpholine rings is 1. The van der Waals surface area contributed by atoms with Crippen molar-refractivity contribution in [3.05, 3.63) is 21.3 Å². The van der Waals surface area contributed by atoms with Gasteiger partial charge in [0.25, 0.3) is 0 Å². The van der Waals surface area contributed by atoms with E-state index in [-0.39, 0.29) is 6.10 Å². The van der Waals surface area contributed by atoms with Crippen LogP contribution in [0.4, 0.5) is 0 Å². The normalized spacial score (nSPS) is 21.0. The third-order valence-corrected chi connectivity index (χ3v) is 4.71. The fourth-order valence-corrected chi connectivity index (χ4v) is 3.37. The Labute approximate surface area is 139 Å². The number of halogens is 1. The van der Waals surface area contributed by atoms with Crippen molar-refractivity contribution in [2.24, 2.45) is 4.99 Å². The highest BCUT2D eigenvalue weighted by molar-refractivity contribution is 7.16. The summed E-state index contributed by atoms with van der Waals surface area (Å²) in [6.45, 7) is 3.06. The van der Waals surface area contributed by atoms with Crippen LogP contribution in [0, 0.1) is 0 Å². The molecule has 0 amide bonds. The Morgan fingerprint density at radius 1 is 1.68 bits per heavy atom. The SMILES string of the molecule is CN=C(NCC(O)c1ccc(Cl)s1)N1CCOC(COC)C1. The molecule has 2 atom stereocenters. The molecule has 8 heteroatoms. The smallest absolute Gasteiger partial charge is 0.193 e. The van der Waals surface area contributed by atoms with Crippen molar-refractivity contribution < 1.29 is 14.6 Å². The molecule has 1 aliphatic heterocycles. The van der Waals surface area contributed by atoms with Gasteiger partial charge in [0.1, 0.15) is 6.10 Å². The third kappa shape index (κ3) is 4.82. The molecule has 1 aromatic heterocycles. The van der Waals surface area contributed by atoms with E-state index in [9.17, 15) is 5.11 Å². The second kappa shape index (κ2) is 8.69. The van der Waals surface area contributed by atoms with Crippen LogP contribution in [0.1, 0.15) is 11.0 Å². The molecule has 2 unspecified atom stereocenters. The molecule has 1 fully saturated rings. The van der Waals surface area contributed by atoms with Crippen LogP contribution in [0.25, 0.3) is 0 Å². The van der Waals surface area contributed by atoms with Gasteiger partial charge in [0.05, 0.1) is 23.7 Å². The van der Waals surface area contributed by atoms with E-state index in [1.807, 2.05) is 6.07 Å². The summed E-state index contributed by atoms with van der Waals surface area (Å²) in [5.41, 5.74) is 0. The van der Waals surface area contributed by atoms with Crippen LogP contribution in [0.3, 0.4) is 0 Å². The molecular formula is C14H22ClN3O3S. The summed E-state index contributed by atoms with van der Waals surface area (Å²) in [6.07, 6.45) is -0.566. The molecule has 0 radical (unpaired) electrons. The second-order valence-electron chi connectivity index (χ2n) is 4.98. The summed E-state index contributed by atoms with van der Waals surface area (Å²) >= 11 is 7.27. The van der Waals surface area contributed by atoms with E-state index in [1.165, 1.54) is 11.3 Å². The lowest BCUT2D eigenvalue weighted by atomic mass is 10.3. The fraction of sp³-hybridized carbons (Fsp3) is 0.643. The molecule has 0 saturated carbocycles. The zero-order chi connectivity index (χ0) is 15.9. The monoisotopic (exact) mass is 347 g/mol. The van der Waals surface area contributed by atoms with Crippen molar-refractivity contribution in [3.8, 4) is 0 Å². The lowest BCUT2D eigenvalue weighted by Gasteiger charge is -2.35. The Bertz CT molecular complexity index is 495. The quantitative estimate of drug-likeness (QED) is 0.622. The molecule has 1 aliphatic rings. The Morgan fingerprint density at radius 2 is 2.50 bits per heavy atom. The van der Waals surface area contributed by atoms with E-state index < -0.39 is 6.10 Å². The number of guanidine groups is 1. The highest BCUT2D eigenvalue weighted by atomic mass is 35.5. The maximum atomic E-state index is 10.2. The van der Waals surface area contributed by atoms with Crippen molar-refractivity contribution in [2.75, 3.05) is 47.0 Å². The van der Waals surface area contributed by atoms with Gasteiger partial charge < -0.3 is 24.8 Å². The van der Waals surface area contributed by atoms with Gasteiger partial charge in [-0.05, 0) is 12.1 Å². The number of rotatable bonds is 5. The van der Waals surface area contributed by atoms with Gasteiger partial charge in [0.15, 0.2) is 5.96 Å². The molecule has 2 rings (SSSR count). The Hall–Kier alpha value is -0.860. The summed E-state index contributed by atoms with van der Waals surface area (Å²) in [4.78, 5) is 7.23. The lowest BCUT2D eigenvalue weighted by molar-refractivity contribution is -0.0448. The summed E-state index contributed by atoms with van der Waals surface area (Å²) in [5, 5.41) is 13.4. The van der Waals surface area contributed by atoms with Gasteiger partial charge in [-0.15, -0.1) is 11.3 Å². The number of aliphatic imine (C=N–C) groups is 1. The number of methoxy groups -OCH3 is 1. The molecular weight excluding hydrogens is 326 g/mol. The fourth-order valence-electron chi connectivity index (χ4n) is 2.33. The van der Waals surface area contributed by atoms with Crippen LogP contribution in [-0.2, 0) is 9.47 Å². The number of aliphatic hydroxyl groups excluding tert-OH is 1. The summed E-state index contributed by atoms with van der Waals surface area (Å²) < 4.78 is 11.4. The minimum Gasteiger partial charge on any atom is -0.386 e. The van der Waals surface area contributed by atoms with Gasteiger partial charge >= 0.3 is 0 Å². The molecule has 6 nitrogen and oxygen atoms in total. The number of nitrogens with one attached hydrogen (secondary N) is 1. The molecule has 0 spiro atoms. The number of hydrogen-bond donors (Lipinski definition) is 2. The highest BCUT2D eigenvalue weighted by Gasteiger charge is 2.23. The lowest BCUT2D eigenvalue weighted by Crippen LogP contribution is -2.52. The number of aliphatic hydroxyl groups is 1. The second-order valence-corrected chi connectivity index (χ2v) is 6.73. The zero-order valence-corrected chi connectivity index (χ0v) is 14.4. The van der Waals surface area contributed by atoms with E-state index >= 15 is 0 Å². The van der Waals surface area contributed by atoms with Gasteiger partial charge in [-0.1, -0.05) is 11.6 Å². The Balaban J connectivity index is 1.86. The van der Waals surface area contributed by atoms with Gasteiger partial charge in [0.2, 0.25) is 0 Å². The van der Waals surface area contributed by atoms with Crippen LogP contribution < -0.4 is 5.32 Å². The molecule has 0 bridgehead atoms. The third-order valence-electron chi connectivity index (χ3n) is 3.38. The van der Waals surface area contributed by atoms with Crippen LogP contribution in [-0.4, -0.2) is 69.1 Å². The molecule has 1 saturated heterocycles. The van der Waals surface area contributed by atoms with Crippen molar-refractivity contribution in [1.82, 2.24) is 10.2 Å². The minimum absolute atomic E-state index is 0.0401. The van der Waals surface area contributed by atoms with Crippen molar-refractivity contribution >= 4 is 28.9 Å². The maximum absolute atomic E-state index is 10.2. The average molecular weight is 348 g/mol. The average Bonchev–Trinajstić information content (AvgIpc) is 2.95. The zero-order valence-electron chi connectivity index (χ0n) is 12.8. The van der Waals surface area contributed by atoms with Crippen molar-refractivity contribution in [3.63, 3.8) is 0 Å². The van der Waals surface area contributed by atoms with Crippen molar-refractivity contribution in [2.45, 2.75) is 12.2 Å². The molecule has 2 heterocycles. The predicted molar refractivity (Wildman–Crippen MR) is 88.8 cm³/mol. The van der Waals surface area contributed by atoms with Gasteiger partial charge in [-0.3, -0.25) is 4.99 Å². The minimum atomic E-state index is -0.606. The Kier molecular flexibility index (Phi) is 6.91. The predicted octanol–water partition coefficient (Wildman–Crippen LogP) is 1.36. The van der Waals surface area contributed by atoms with Crippen LogP contribution in [0.5, 0.6) is 0 Å². The van der Waals surface area contributed by atoms with E-state index in [0.29, 0.717) is 30.6 Å². The van der Waals surface area contributed by atoms with Crippen LogP contribution >= 0.6 is 22.9 Å². The number of nitrogens with zero attached hydrogens (tertiary/aromatic N) is 2. The van der Waals surface area contributed by atoms with E-state index in [1.54, 1.807) is 20.2 Å². The van der Waals surface area contributed by atoms with Crippen LogP contribution in [0.15, 0.2) is 17.1 Å². The summed E-state index contributed by atoms with van der Waals surface area (Å²) in [7, 11) is 3.40. The number of hydrogen-bond acceptors (Lipinski definition) is 5. The first-order valence-electron chi connectivity index (χ1n) is 7.13. The highest BCUT2D eigenvalue weighted by Crippen LogP contribution is 2.26. The molecule has 124 valence electrons. The van der Waals surface area contributed by atoms with E-state index in [2.05, 4.69) is 15.2 Å². The topological polar surface area (TPSA) is 66.3 Å². The van der Waals surface area contributed by atoms with E-state index in [0.717, 1.165) is 17.4 Å². The first-order valence-corrected chi connectivity index (χ1v) is 8.33. The standard InChI is InChI=1S/C14H22ClN3O3S/c1-16-14(18-5-6-21-10(8-18)9-20-2)17-7-11(19)12-3-4-13(15)22-12/h3-4,10-11,19H,5-9H2,1-2H3,(H,16,17). The van der Waals surface area contributed by atoms with Crippen LogP contribution in [0.2, 0.25) is 4.34 Å². The molecule has 0 aromatic carbocycles. The molecule has 0 aliphatic carbocycles. The Morgan fingerprint density at radius 3 is 3.14 bits per heavy atom. The van der Waals surface area contributed by atoms with Gasteiger partial charge in [-0.25, -0.2) is 0 Å². The molecule has 2 N–H and O–H groups in total. The summed E-state index contributed by atoms with van der Waals surface area (Å²) in [5.74, 6) is 0.756. The maximum Gasteiger partial charge on any atom is 0.193 e. The number of ether oxygens (including phenoxy) is 2. The van der Waals surface area contributed by atoms with Crippen molar-refractivity contribution in [1.29, 1.82) is 0 Å². The first kappa shape index (κ1) is 17.5. The van der Waals surface area contributed by atoms with Gasteiger partial charge in [0, 0.05) is 38.7 Å². The van der Waals surface area contributed by atoms with E-state index in [4.69, 9.17) is 21.1 Å².